The van der Waals surface area contributed by atoms with E-state index < -0.39 is 0 Å². The molecule has 0 saturated heterocycles. The van der Waals surface area contributed by atoms with Crippen LogP contribution in [0, 0.1) is 0 Å². The second kappa shape index (κ2) is 8.97. The smallest absolute Gasteiger partial charge is 0.268 e. The first-order chi connectivity index (χ1) is 14.7. The molecule has 0 bridgehead atoms. The first-order valence-corrected chi connectivity index (χ1v) is 10.5. The Balaban J connectivity index is 1.67. The molecule has 1 aliphatic rings. The molecule has 0 spiro atoms. The van der Waals surface area contributed by atoms with E-state index in [2.05, 4.69) is 4.98 Å². The number of carbonyl (C=O) groups is 2. The minimum absolute atomic E-state index is 0.146. The van der Waals surface area contributed by atoms with Crippen molar-refractivity contribution in [1.29, 1.82) is 0 Å². The van der Waals surface area contributed by atoms with Crippen LogP contribution in [0.1, 0.15) is 16.8 Å². The first kappa shape index (κ1) is 19.9. The van der Waals surface area contributed by atoms with E-state index in [0.717, 1.165) is 5.56 Å². The fourth-order valence-electron chi connectivity index (χ4n) is 3.23. The van der Waals surface area contributed by atoms with Gasteiger partial charge in [-0.05, 0) is 35.4 Å². The number of imide groups is 1. The summed E-state index contributed by atoms with van der Waals surface area (Å²) in [7, 11) is 1.59. The average Bonchev–Trinajstić information content (AvgIpc) is 3.03. The molecule has 30 heavy (non-hydrogen) atoms. The quantitative estimate of drug-likeness (QED) is 0.538. The van der Waals surface area contributed by atoms with Crippen LogP contribution in [0.4, 0.5) is 0 Å². The molecule has 2 amide bonds. The number of aromatic nitrogens is 1. The predicted molar refractivity (Wildman–Crippen MR) is 117 cm³/mol. The van der Waals surface area contributed by atoms with Crippen LogP contribution in [0.5, 0.6) is 5.75 Å². The Morgan fingerprint density at radius 1 is 0.900 bits per heavy atom. The molecule has 0 N–H and O–H groups in total. The van der Waals surface area contributed by atoms with E-state index in [0.29, 0.717) is 33.2 Å². The number of carbonyl (C=O) groups excluding carboxylic acids is 2. The Bertz CT molecular complexity index is 1080. The third kappa shape index (κ3) is 4.14. The van der Waals surface area contributed by atoms with E-state index in [1.54, 1.807) is 31.5 Å². The predicted octanol–water partition coefficient (Wildman–Crippen LogP) is 4.30. The van der Waals surface area contributed by atoms with Gasteiger partial charge in [-0.15, -0.1) is 11.8 Å². The van der Waals surface area contributed by atoms with Crippen LogP contribution in [0.3, 0.4) is 0 Å². The van der Waals surface area contributed by atoms with E-state index in [-0.39, 0.29) is 18.4 Å². The van der Waals surface area contributed by atoms with Crippen molar-refractivity contribution < 1.29 is 14.3 Å². The SMILES string of the molecule is COc1ccc(C2=C(SCc3ccccc3)C(=O)N(Cc3ccccn3)C2=O)cc1. The fourth-order valence-corrected chi connectivity index (χ4v) is 4.31. The van der Waals surface area contributed by atoms with Gasteiger partial charge in [0.1, 0.15) is 5.75 Å². The Labute approximate surface area is 179 Å². The maximum absolute atomic E-state index is 13.3. The van der Waals surface area contributed by atoms with Gasteiger partial charge in [-0.2, -0.15) is 0 Å². The Morgan fingerprint density at radius 2 is 1.63 bits per heavy atom. The Morgan fingerprint density at radius 3 is 2.30 bits per heavy atom. The van der Waals surface area contributed by atoms with Gasteiger partial charge in [0.15, 0.2) is 0 Å². The summed E-state index contributed by atoms with van der Waals surface area (Å²) >= 11 is 1.39. The molecule has 0 aliphatic carbocycles. The van der Waals surface area contributed by atoms with E-state index >= 15 is 0 Å². The molecule has 3 aromatic rings. The molecule has 0 unspecified atom stereocenters. The summed E-state index contributed by atoms with van der Waals surface area (Å²) in [5.74, 6) is 0.718. The van der Waals surface area contributed by atoms with Crippen molar-refractivity contribution in [2.45, 2.75) is 12.3 Å². The number of hydrogen-bond acceptors (Lipinski definition) is 5. The summed E-state index contributed by atoms with van der Waals surface area (Å²) < 4.78 is 5.22. The number of pyridine rings is 1. The van der Waals surface area contributed by atoms with Crippen LogP contribution in [-0.2, 0) is 21.9 Å². The van der Waals surface area contributed by atoms with Gasteiger partial charge in [-0.1, -0.05) is 48.5 Å². The average molecular weight is 417 g/mol. The second-order valence-electron chi connectivity index (χ2n) is 6.72. The highest BCUT2D eigenvalue weighted by atomic mass is 32.2. The summed E-state index contributed by atoms with van der Waals surface area (Å²) in [6, 6.07) is 22.6. The van der Waals surface area contributed by atoms with Gasteiger partial charge in [0, 0.05) is 11.9 Å². The molecule has 0 fully saturated rings. The zero-order chi connectivity index (χ0) is 20.9. The summed E-state index contributed by atoms with van der Waals surface area (Å²) in [5.41, 5.74) is 2.89. The van der Waals surface area contributed by atoms with Gasteiger partial charge >= 0.3 is 0 Å². The summed E-state index contributed by atoms with van der Waals surface area (Å²) in [6.07, 6.45) is 1.66. The number of rotatable bonds is 7. The van der Waals surface area contributed by atoms with Gasteiger partial charge in [-0.3, -0.25) is 19.5 Å². The molecule has 1 aliphatic heterocycles. The molecule has 0 radical (unpaired) electrons. The highest BCUT2D eigenvalue weighted by Gasteiger charge is 2.39. The van der Waals surface area contributed by atoms with Crippen LogP contribution >= 0.6 is 11.8 Å². The molecule has 1 aromatic heterocycles. The lowest BCUT2D eigenvalue weighted by Gasteiger charge is -2.14. The monoisotopic (exact) mass is 416 g/mol. The van der Waals surface area contributed by atoms with Gasteiger partial charge in [0.05, 0.1) is 29.8 Å². The van der Waals surface area contributed by atoms with Crippen molar-refractivity contribution in [3.63, 3.8) is 0 Å². The summed E-state index contributed by atoms with van der Waals surface area (Å²) in [5, 5.41) is 0. The number of hydrogen-bond donors (Lipinski definition) is 0. The maximum atomic E-state index is 13.3. The minimum Gasteiger partial charge on any atom is -0.497 e. The van der Waals surface area contributed by atoms with E-state index in [9.17, 15) is 9.59 Å². The molecule has 0 atom stereocenters. The molecule has 2 aromatic carbocycles. The van der Waals surface area contributed by atoms with Gasteiger partial charge in [0.2, 0.25) is 0 Å². The maximum Gasteiger partial charge on any atom is 0.268 e. The first-order valence-electron chi connectivity index (χ1n) is 9.49. The normalized spacial score (nSPS) is 13.8. The zero-order valence-corrected chi connectivity index (χ0v) is 17.3. The van der Waals surface area contributed by atoms with Crippen molar-refractivity contribution in [2.75, 3.05) is 7.11 Å². The van der Waals surface area contributed by atoms with Gasteiger partial charge < -0.3 is 4.74 Å². The third-order valence-electron chi connectivity index (χ3n) is 4.78. The molecular formula is C24H20N2O3S. The van der Waals surface area contributed by atoms with Gasteiger partial charge in [0.25, 0.3) is 11.8 Å². The fraction of sp³-hybridized carbons (Fsp3) is 0.125. The van der Waals surface area contributed by atoms with Crippen LogP contribution in [0.15, 0.2) is 83.9 Å². The van der Waals surface area contributed by atoms with Crippen molar-refractivity contribution >= 4 is 29.1 Å². The second-order valence-corrected chi connectivity index (χ2v) is 7.71. The minimum atomic E-state index is -0.300. The highest BCUT2D eigenvalue weighted by Crippen LogP contribution is 2.38. The molecule has 5 nitrogen and oxygen atoms in total. The van der Waals surface area contributed by atoms with Crippen molar-refractivity contribution in [1.82, 2.24) is 9.88 Å². The van der Waals surface area contributed by atoms with Gasteiger partial charge in [-0.25, -0.2) is 0 Å². The molecular weight excluding hydrogens is 396 g/mol. The number of nitrogens with zero attached hydrogens (tertiary/aromatic N) is 2. The van der Waals surface area contributed by atoms with E-state index in [1.807, 2.05) is 54.6 Å². The molecule has 2 heterocycles. The lowest BCUT2D eigenvalue weighted by Crippen LogP contribution is -2.31. The van der Waals surface area contributed by atoms with E-state index in [4.69, 9.17) is 4.74 Å². The highest BCUT2D eigenvalue weighted by molar-refractivity contribution is 8.03. The molecule has 150 valence electrons. The third-order valence-corrected chi connectivity index (χ3v) is 5.92. The summed E-state index contributed by atoms with van der Waals surface area (Å²) in [4.78, 5) is 32.5. The van der Waals surface area contributed by atoms with Crippen molar-refractivity contribution in [3.05, 3.63) is 101 Å². The number of ether oxygens (including phenoxy) is 1. The molecule has 4 rings (SSSR count). The summed E-state index contributed by atoms with van der Waals surface area (Å²) in [6.45, 7) is 0.146. The van der Waals surface area contributed by atoms with E-state index in [1.165, 1.54) is 16.7 Å². The number of amides is 2. The molecule has 6 heteroatoms. The van der Waals surface area contributed by atoms with Crippen LogP contribution in [0.25, 0.3) is 5.57 Å². The van der Waals surface area contributed by atoms with Crippen molar-refractivity contribution in [2.24, 2.45) is 0 Å². The topological polar surface area (TPSA) is 59.5 Å². The Hall–Kier alpha value is -3.38. The lowest BCUT2D eigenvalue weighted by atomic mass is 10.1. The largest absolute Gasteiger partial charge is 0.497 e. The van der Waals surface area contributed by atoms with Crippen LogP contribution < -0.4 is 4.74 Å². The lowest BCUT2D eigenvalue weighted by molar-refractivity contribution is -0.137. The Kier molecular flexibility index (Phi) is 5.95. The van der Waals surface area contributed by atoms with Crippen LogP contribution in [0.2, 0.25) is 0 Å². The standard InChI is InChI=1S/C24H20N2O3S/c1-29-20-12-10-18(11-13-20)21-22(30-16-17-7-3-2-4-8-17)24(28)26(23(21)27)15-19-9-5-6-14-25-19/h2-14H,15-16H2,1H3. The van der Waals surface area contributed by atoms with Crippen molar-refractivity contribution in [3.8, 4) is 5.75 Å². The molecule has 0 saturated carbocycles. The number of benzene rings is 2. The zero-order valence-electron chi connectivity index (χ0n) is 16.4. The van der Waals surface area contributed by atoms with Crippen LogP contribution in [-0.4, -0.2) is 28.8 Å². The number of methoxy groups -OCH3 is 1. The number of thioether (sulfide) groups is 1.